The van der Waals surface area contributed by atoms with Gasteiger partial charge in [-0.2, -0.15) is 13.2 Å². The average Bonchev–Trinajstić information content (AvgIpc) is 2.87. The van der Waals surface area contributed by atoms with Gasteiger partial charge in [-0.3, -0.25) is 23.9 Å². The van der Waals surface area contributed by atoms with E-state index >= 15 is 0 Å². The summed E-state index contributed by atoms with van der Waals surface area (Å²) in [4.78, 5) is 48.9. The van der Waals surface area contributed by atoms with Crippen LogP contribution in [0.5, 0.6) is 0 Å². The molecule has 3 aromatic rings. The largest absolute Gasteiger partial charge is 0.417 e. The first-order valence-electron chi connectivity index (χ1n) is 11.0. The summed E-state index contributed by atoms with van der Waals surface area (Å²) in [6.07, 6.45) is -1.42. The number of thioether (sulfide) groups is 1. The third kappa shape index (κ3) is 5.08. The molecule has 2 aromatic heterocycles. The molecule has 37 heavy (non-hydrogen) atoms. The molecule has 0 spiro atoms. The van der Waals surface area contributed by atoms with Crippen LogP contribution in [0.25, 0.3) is 5.69 Å². The summed E-state index contributed by atoms with van der Waals surface area (Å²) in [6.45, 7) is 1.66. The van der Waals surface area contributed by atoms with Crippen LogP contribution in [0.1, 0.15) is 44.6 Å². The first kappa shape index (κ1) is 26.7. The molecule has 1 aliphatic rings. The summed E-state index contributed by atoms with van der Waals surface area (Å²) < 4.78 is 41.3. The molecule has 0 saturated carbocycles. The van der Waals surface area contributed by atoms with E-state index in [4.69, 9.17) is 11.6 Å². The molecule has 0 saturated heterocycles. The minimum atomic E-state index is -4.71. The molecule has 0 unspecified atom stereocenters. The summed E-state index contributed by atoms with van der Waals surface area (Å²) in [7, 11) is 1.47. The highest BCUT2D eigenvalue weighted by Crippen LogP contribution is 2.36. The van der Waals surface area contributed by atoms with E-state index in [2.05, 4.69) is 15.3 Å². The summed E-state index contributed by atoms with van der Waals surface area (Å²) in [6, 6.07) is 5.60. The topological polar surface area (TPSA) is 97.2 Å². The summed E-state index contributed by atoms with van der Waals surface area (Å²) >= 11 is 6.90. The Labute approximate surface area is 218 Å². The first-order valence-corrected chi connectivity index (χ1v) is 12.6. The van der Waals surface area contributed by atoms with Gasteiger partial charge in [0.05, 0.1) is 28.5 Å². The maximum Gasteiger partial charge on any atom is 0.417 e. The molecule has 2 amide bonds. The van der Waals surface area contributed by atoms with Gasteiger partial charge >= 0.3 is 6.18 Å². The van der Waals surface area contributed by atoms with E-state index < -0.39 is 34.6 Å². The fourth-order valence-corrected chi connectivity index (χ4v) is 4.92. The van der Waals surface area contributed by atoms with Crippen LogP contribution in [0.15, 0.2) is 46.5 Å². The third-order valence-corrected chi connectivity index (χ3v) is 6.98. The highest BCUT2D eigenvalue weighted by Gasteiger charge is 2.36. The normalized spacial score (nSPS) is 15.3. The van der Waals surface area contributed by atoms with Gasteiger partial charge in [0.15, 0.2) is 5.16 Å². The lowest BCUT2D eigenvalue weighted by Crippen LogP contribution is -2.46. The summed E-state index contributed by atoms with van der Waals surface area (Å²) in [5.74, 6) is -1.04. The molecule has 0 bridgehead atoms. The SMILES string of the molecule is CNC(=O)c1cc(-n2c(SC)nc3c(c2=O)C[C@@H](C)N(C(=O)c2ccc(Cl)c(C(F)(F)F)c2)C3)ccn1. The quantitative estimate of drug-likeness (QED) is 0.389. The zero-order valence-corrected chi connectivity index (χ0v) is 21.5. The maximum atomic E-state index is 13.6. The summed E-state index contributed by atoms with van der Waals surface area (Å²) in [5, 5.41) is 2.31. The van der Waals surface area contributed by atoms with Crippen molar-refractivity contribution in [2.45, 2.75) is 37.3 Å². The van der Waals surface area contributed by atoms with Crippen molar-refractivity contribution in [2.75, 3.05) is 13.3 Å². The molecule has 0 aliphatic carbocycles. The number of carbonyl (C=O) groups is 2. The highest BCUT2D eigenvalue weighted by atomic mass is 35.5. The number of aromatic nitrogens is 3. The lowest BCUT2D eigenvalue weighted by Gasteiger charge is -2.34. The molecule has 13 heteroatoms. The smallest absolute Gasteiger partial charge is 0.354 e. The van der Waals surface area contributed by atoms with Gasteiger partial charge in [0.25, 0.3) is 17.4 Å². The number of carbonyl (C=O) groups excluding carboxylic acids is 2. The molecule has 8 nitrogen and oxygen atoms in total. The van der Waals surface area contributed by atoms with E-state index in [0.29, 0.717) is 22.1 Å². The van der Waals surface area contributed by atoms with E-state index in [1.54, 1.807) is 19.2 Å². The predicted octanol–water partition coefficient (Wildman–Crippen LogP) is 3.97. The van der Waals surface area contributed by atoms with Crippen molar-refractivity contribution in [1.29, 1.82) is 0 Å². The number of halogens is 4. The minimum Gasteiger partial charge on any atom is -0.354 e. The Morgan fingerprint density at radius 1 is 1.22 bits per heavy atom. The zero-order chi connectivity index (χ0) is 27.1. The van der Waals surface area contributed by atoms with Gasteiger partial charge in [0.1, 0.15) is 5.69 Å². The third-order valence-electron chi connectivity index (χ3n) is 6.01. The Kier molecular flexibility index (Phi) is 7.33. The number of nitrogens with zero attached hydrogens (tertiary/aromatic N) is 4. The van der Waals surface area contributed by atoms with Crippen molar-refractivity contribution in [3.63, 3.8) is 0 Å². The molecule has 0 radical (unpaired) electrons. The van der Waals surface area contributed by atoms with Gasteiger partial charge in [-0.1, -0.05) is 23.4 Å². The van der Waals surface area contributed by atoms with E-state index in [1.807, 2.05) is 0 Å². The van der Waals surface area contributed by atoms with Gasteiger partial charge < -0.3 is 10.2 Å². The van der Waals surface area contributed by atoms with Gasteiger partial charge in [-0.25, -0.2) is 4.98 Å². The monoisotopic (exact) mass is 551 g/mol. The lowest BCUT2D eigenvalue weighted by atomic mass is 9.98. The molecule has 0 fully saturated rings. The number of hydrogen-bond donors (Lipinski definition) is 1. The molecule has 1 N–H and O–H groups in total. The van der Waals surface area contributed by atoms with Gasteiger partial charge in [-0.05, 0) is 49.9 Å². The zero-order valence-electron chi connectivity index (χ0n) is 19.9. The number of fused-ring (bicyclic) bond motifs is 1. The second-order valence-electron chi connectivity index (χ2n) is 8.32. The Hall–Kier alpha value is -3.38. The van der Waals surface area contributed by atoms with Crippen LogP contribution in [0, 0.1) is 0 Å². The Balaban J connectivity index is 1.74. The van der Waals surface area contributed by atoms with E-state index in [0.717, 1.165) is 12.1 Å². The number of benzene rings is 1. The van der Waals surface area contributed by atoms with Crippen molar-refractivity contribution in [2.24, 2.45) is 0 Å². The van der Waals surface area contributed by atoms with Crippen LogP contribution in [0.4, 0.5) is 13.2 Å². The molecule has 4 rings (SSSR count). The predicted molar refractivity (Wildman–Crippen MR) is 132 cm³/mol. The van der Waals surface area contributed by atoms with Crippen LogP contribution < -0.4 is 10.9 Å². The molecule has 194 valence electrons. The molecule has 1 aliphatic heterocycles. The fraction of sp³-hybridized carbons (Fsp3) is 0.292. The Morgan fingerprint density at radius 3 is 2.59 bits per heavy atom. The summed E-state index contributed by atoms with van der Waals surface area (Å²) in [5.41, 5.74) is -0.322. The number of hydrogen-bond acceptors (Lipinski definition) is 6. The van der Waals surface area contributed by atoms with Crippen LogP contribution in [-0.2, 0) is 19.1 Å². The van der Waals surface area contributed by atoms with Crippen LogP contribution >= 0.6 is 23.4 Å². The Bertz CT molecular complexity index is 1460. The van der Waals surface area contributed by atoms with Crippen LogP contribution in [-0.4, -0.2) is 50.6 Å². The van der Waals surface area contributed by atoms with Crippen molar-refractivity contribution < 1.29 is 22.8 Å². The number of amides is 2. The second kappa shape index (κ2) is 10.2. The minimum absolute atomic E-state index is 0.0528. The number of alkyl halides is 3. The molecular weight excluding hydrogens is 531 g/mol. The number of rotatable bonds is 4. The second-order valence-corrected chi connectivity index (χ2v) is 9.50. The molecule has 1 atom stereocenters. The van der Waals surface area contributed by atoms with Crippen molar-refractivity contribution >= 4 is 35.2 Å². The first-order chi connectivity index (χ1) is 17.5. The van der Waals surface area contributed by atoms with Crippen LogP contribution in [0.3, 0.4) is 0 Å². The average molecular weight is 552 g/mol. The highest BCUT2D eigenvalue weighted by molar-refractivity contribution is 7.98. The van der Waals surface area contributed by atoms with Crippen LogP contribution in [0.2, 0.25) is 5.02 Å². The number of pyridine rings is 1. The van der Waals surface area contributed by atoms with Crippen molar-refractivity contribution in [3.8, 4) is 5.69 Å². The standard InChI is InChI=1S/C24H21ClF3N5O3S/c1-12-8-15-19(11-32(12)21(35)13-4-5-17(25)16(9-13)24(26,27)28)31-23(37-3)33(22(15)36)14-6-7-30-18(10-14)20(34)29-2/h4-7,9-10,12H,8,11H2,1-3H3,(H,29,34)/t12-/m1/s1. The molecular formula is C24H21ClF3N5O3S. The fourth-order valence-electron chi connectivity index (χ4n) is 4.13. The van der Waals surface area contributed by atoms with Gasteiger partial charge in [0.2, 0.25) is 0 Å². The number of nitrogens with one attached hydrogen (secondary N) is 1. The van der Waals surface area contributed by atoms with E-state index in [-0.39, 0.29) is 29.8 Å². The van der Waals surface area contributed by atoms with Crippen molar-refractivity contribution in [1.82, 2.24) is 24.8 Å². The molecule has 3 heterocycles. The lowest BCUT2D eigenvalue weighted by molar-refractivity contribution is -0.137. The molecule has 1 aromatic carbocycles. The Morgan fingerprint density at radius 2 is 1.95 bits per heavy atom. The van der Waals surface area contributed by atoms with E-state index in [9.17, 15) is 27.6 Å². The van der Waals surface area contributed by atoms with Crippen molar-refractivity contribution in [3.05, 3.63) is 80.0 Å². The van der Waals surface area contributed by atoms with Gasteiger partial charge in [-0.15, -0.1) is 0 Å². The van der Waals surface area contributed by atoms with Gasteiger partial charge in [0, 0.05) is 30.4 Å². The maximum absolute atomic E-state index is 13.6. The van der Waals surface area contributed by atoms with E-state index in [1.165, 1.54) is 46.6 Å².